The molecule has 0 aliphatic rings. The third kappa shape index (κ3) is 1.97. The smallest absolute Gasteiger partial charge is 0.193 e. The molecule has 0 radical (unpaired) electrons. The van der Waals surface area contributed by atoms with E-state index in [-0.39, 0.29) is 18.2 Å². The minimum absolute atomic E-state index is 0.270. The van der Waals surface area contributed by atoms with E-state index < -0.39 is 0 Å². The molecule has 0 bridgehead atoms. The van der Waals surface area contributed by atoms with Crippen molar-refractivity contribution in [3.8, 4) is 5.75 Å². The molecular weight excluding hydrogens is 251 g/mol. The van der Waals surface area contributed by atoms with Gasteiger partial charge in [-0.3, -0.25) is 4.40 Å². The molecular formula is C13H11FN2OS. The van der Waals surface area contributed by atoms with Crippen LogP contribution in [0.3, 0.4) is 0 Å². The first-order valence-electron chi connectivity index (χ1n) is 5.53. The number of aryl methyl sites for hydroxylation is 1. The van der Waals surface area contributed by atoms with Gasteiger partial charge in [0.25, 0.3) is 0 Å². The zero-order chi connectivity index (χ0) is 12.5. The van der Waals surface area contributed by atoms with Crippen molar-refractivity contribution in [1.29, 1.82) is 0 Å². The second-order valence-electron chi connectivity index (χ2n) is 4.00. The number of aromatic nitrogens is 2. The molecule has 0 amide bonds. The Morgan fingerprint density at radius 3 is 3.17 bits per heavy atom. The van der Waals surface area contributed by atoms with E-state index in [1.807, 2.05) is 22.2 Å². The van der Waals surface area contributed by atoms with Crippen LogP contribution in [0.2, 0.25) is 0 Å². The highest BCUT2D eigenvalue weighted by Gasteiger charge is 2.08. The second-order valence-corrected chi connectivity index (χ2v) is 4.87. The van der Waals surface area contributed by atoms with Crippen LogP contribution in [0.5, 0.6) is 5.75 Å². The van der Waals surface area contributed by atoms with Gasteiger partial charge in [0.05, 0.1) is 5.69 Å². The van der Waals surface area contributed by atoms with Gasteiger partial charge in [-0.1, -0.05) is 12.1 Å². The van der Waals surface area contributed by atoms with E-state index in [1.165, 1.54) is 0 Å². The average molecular weight is 262 g/mol. The first kappa shape index (κ1) is 11.2. The van der Waals surface area contributed by atoms with Crippen molar-refractivity contribution in [2.75, 3.05) is 0 Å². The molecule has 18 heavy (non-hydrogen) atoms. The molecule has 92 valence electrons. The van der Waals surface area contributed by atoms with Gasteiger partial charge in [-0.25, -0.2) is 9.37 Å². The van der Waals surface area contributed by atoms with Crippen molar-refractivity contribution >= 4 is 16.3 Å². The Labute approximate surface area is 107 Å². The minimum atomic E-state index is -0.307. The molecule has 0 aliphatic heterocycles. The average Bonchev–Trinajstić information content (AvgIpc) is 2.91. The van der Waals surface area contributed by atoms with Gasteiger partial charge in [-0.2, -0.15) is 0 Å². The van der Waals surface area contributed by atoms with E-state index in [0.29, 0.717) is 5.56 Å². The largest absolute Gasteiger partial charge is 0.484 e. The number of ether oxygens (including phenoxy) is 1. The predicted molar refractivity (Wildman–Crippen MR) is 68.5 cm³/mol. The first-order chi connectivity index (χ1) is 8.74. The van der Waals surface area contributed by atoms with Gasteiger partial charge in [0, 0.05) is 17.8 Å². The van der Waals surface area contributed by atoms with Crippen molar-refractivity contribution in [3.63, 3.8) is 0 Å². The number of imidazole rings is 1. The van der Waals surface area contributed by atoms with E-state index >= 15 is 0 Å². The van der Waals surface area contributed by atoms with Crippen LogP contribution in [-0.4, -0.2) is 9.38 Å². The lowest BCUT2D eigenvalue weighted by molar-refractivity contribution is 0.286. The summed E-state index contributed by atoms with van der Waals surface area (Å²) in [4.78, 5) is 5.29. The van der Waals surface area contributed by atoms with E-state index in [4.69, 9.17) is 4.74 Å². The Hall–Kier alpha value is -1.88. The summed E-state index contributed by atoms with van der Waals surface area (Å²) in [6.45, 7) is 1.99. The second kappa shape index (κ2) is 4.42. The summed E-state index contributed by atoms with van der Waals surface area (Å²) >= 11 is 1.56. The molecule has 0 unspecified atom stereocenters. The van der Waals surface area contributed by atoms with Crippen molar-refractivity contribution in [2.24, 2.45) is 0 Å². The Balaban J connectivity index is 1.78. The van der Waals surface area contributed by atoms with Crippen LogP contribution in [0, 0.1) is 12.7 Å². The van der Waals surface area contributed by atoms with Crippen LogP contribution in [0.15, 0.2) is 36.0 Å². The number of nitrogens with zero attached hydrogens (tertiary/aromatic N) is 2. The maximum Gasteiger partial charge on any atom is 0.193 e. The summed E-state index contributed by atoms with van der Waals surface area (Å²) in [5, 5.41) is 1.97. The molecule has 3 aromatic rings. The summed E-state index contributed by atoms with van der Waals surface area (Å²) in [7, 11) is 0. The highest BCUT2D eigenvalue weighted by atomic mass is 32.1. The molecule has 0 atom stereocenters. The van der Waals surface area contributed by atoms with E-state index in [9.17, 15) is 4.39 Å². The van der Waals surface area contributed by atoms with Gasteiger partial charge < -0.3 is 4.74 Å². The molecule has 0 aliphatic carbocycles. The van der Waals surface area contributed by atoms with E-state index in [2.05, 4.69) is 4.98 Å². The maximum atomic E-state index is 13.7. The van der Waals surface area contributed by atoms with Crippen LogP contribution in [-0.2, 0) is 6.61 Å². The van der Waals surface area contributed by atoms with E-state index in [0.717, 1.165) is 10.7 Å². The number of fused-ring (bicyclic) bond motifs is 1. The molecule has 2 aromatic heterocycles. The van der Waals surface area contributed by atoms with E-state index in [1.54, 1.807) is 36.5 Å². The lowest BCUT2D eigenvalue weighted by Gasteiger charge is -2.06. The predicted octanol–water partition coefficient (Wildman–Crippen LogP) is 3.42. The highest BCUT2D eigenvalue weighted by molar-refractivity contribution is 7.15. The summed E-state index contributed by atoms with van der Waals surface area (Å²) in [5.74, 6) is -0.0372. The van der Waals surface area contributed by atoms with Crippen LogP contribution in [0.25, 0.3) is 4.96 Å². The number of hydrogen-bond donors (Lipinski definition) is 0. The van der Waals surface area contributed by atoms with Crippen molar-refractivity contribution in [2.45, 2.75) is 13.5 Å². The fraction of sp³-hybridized carbons (Fsp3) is 0.154. The number of halogens is 1. The maximum absolute atomic E-state index is 13.7. The van der Waals surface area contributed by atoms with Gasteiger partial charge in [-0.15, -0.1) is 11.3 Å². The standard InChI is InChI=1S/C13H11FN2OS/c1-9-3-2-4-11(12(9)14)17-8-10-7-16-5-6-18-13(16)15-10/h2-7H,8H2,1H3. The molecule has 0 N–H and O–H groups in total. The number of benzene rings is 1. The summed E-state index contributed by atoms with van der Waals surface area (Å²) in [6.07, 6.45) is 3.82. The first-order valence-corrected chi connectivity index (χ1v) is 6.41. The molecule has 5 heteroatoms. The monoisotopic (exact) mass is 262 g/mol. The molecule has 0 spiro atoms. The fourth-order valence-electron chi connectivity index (χ4n) is 1.73. The Morgan fingerprint density at radius 1 is 1.44 bits per heavy atom. The molecule has 1 aromatic carbocycles. The Morgan fingerprint density at radius 2 is 2.33 bits per heavy atom. The van der Waals surface area contributed by atoms with Crippen LogP contribution in [0.1, 0.15) is 11.3 Å². The molecule has 0 saturated heterocycles. The van der Waals surface area contributed by atoms with Gasteiger partial charge >= 0.3 is 0 Å². The van der Waals surface area contributed by atoms with Crippen LogP contribution < -0.4 is 4.74 Å². The zero-order valence-electron chi connectivity index (χ0n) is 9.76. The Kier molecular flexibility index (Phi) is 2.76. The molecule has 3 rings (SSSR count). The minimum Gasteiger partial charge on any atom is -0.484 e. The number of rotatable bonds is 3. The van der Waals surface area contributed by atoms with Crippen molar-refractivity contribution in [1.82, 2.24) is 9.38 Å². The number of hydrogen-bond acceptors (Lipinski definition) is 3. The Bertz CT molecular complexity index is 661. The van der Waals surface area contributed by atoms with Gasteiger partial charge in [0.15, 0.2) is 16.5 Å². The SMILES string of the molecule is Cc1cccc(OCc2cn3ccsc3n2)c1F. The summed E-state index contributed by atoms with van der Waals surface area (Å²) in [5.41, 5.74) is 1.38. The van der Waals surface area contributed by atoms with Gasteiger partial charge in [-0.05, 0) is 18.6 Å². The quantitative estimate of drug-likeness (QED) is 0.723. The molecule has 2 heterocycles. The van der Waals surface area contributed by atoms with Crippen LogP contribution >= 0.6 is 11.3 Å². The molecule has 0 fully saturated rings. The van der Waals surface area contributed by atoms with Gasteiger partial charge in [0.1, 0.15) is 6.61 Å². The molecule has 0 saturated carbocycles. The third-order valence-corrected chi connectivity index (χ3v) is 3.45. The molecule has 3 nitrogen and oxygen atoms in total. The fourth-order valence-corrected chi connectivity index (χ4v) is 2.45. The van der Waals surface area contributed by atoms with Gasteiger partial charge in [0.2, 0.25) is 0 Å². The topological polar surface area (TPSA) is 26.5 Å². The lowest BCUT2D eigenvalue weighted by atomic mass is 10.2. The summed E-state index contributed by atoms with van der Waals surface area (Å²) < 4.78 is 21.1. The van der Waals surface area contributed by atoms with Crippen molar-refractivity contribution in [3.05, 3.63) is 53.0 Å². The van der Waals surface area contributed by atoms with Crippen LogP contribution in [0.4, 0.5) is 4.39 Å². The zero-order valence-corrected chi connectivity index (χ0v) is 10.6. The lowest BCUT2D eigenvalue weighted by Crippen LogP contribution is -1.98. The third-order valence-electron chi connectivity index (χ3n) is 2.68. The highest BCUT2D eigenvalue weighted by Crippen LogP contribution is 2.21. The summed E-state index contributed by atoms with van der Waals surface area (Å²) in [6, 6.07) is 5.12. The normalized spacial score (nSPS) is 11.0. The van der Waals surface area contributed by atoms with Crippen molar-refractivity contribution < 1.29 is 9.13 Å². The number of thiazole rings is 1.